The van der Waals surface area contributed by atoms with Crippen LogP contribution in [-0.2, 0) is 4.74 Å². The second-order valence-corrected chi connectivity index (χ2v) is 6.36. The molecule has 2 aromatic rings. The summed E-state index contributed by atoms with van der Waals surface area (Å²) in [6, 6.07) is 8.00. The number of anilines is 1. The number of aromatic nitrogens is 1. The fourth-order valence-corrected chi connectivity index (χ4v) is 3.32. The van der Waals surface area contributed by atoms with Crippen LogP contribution < -0.4 is 10.1 Å². The predicted molar refractivity (Wildman–Crippen MR) is 94.5 cm³/mol. The van der Waals surface area contributed by atoms with E-state index in [0.717, 1.165) is 68.0 Å². The number of ether oxygens (including phenoxy) is 2. The molecule has 1 N–H and O–H groups in total. The highest BCUT2D eigenvalue weighted by atomic mass is 32.1. The molecule has 23 heavy (non-hydrogen) atoms. The lowest BCUT2D eigenvalue weighted by atomic mass is 10.2. The minimum atomic E-state index is 0.866. The molecule has 0 bridgehead atoms. The Kier molecular flexibility index (Phi) is 5.85. The second-order valence-electron chi connectivity index (χ2n) is 5.50. The van der Waals surface area contributed by atoms with Crippen LogP contribution in [0.25, 0.3) is 11.3 Å². The van der Waals surface area contributed by atoms with Gasteiger partial charge in [0.25, 0.3) is 0 Å². The molecule has 1 aliphatic heterocycles. The van der Waals surface area contributed by atoms with Gasteiger partial charge in [0, 0.05) is 30.6 Å². The van der Waals surface area contributed by atoms with Crippen LogP contribution >= 0.6 is 11.3 Å². The number of thiazole rings is 1. The summed E-state index contributed by atoms with van der Waals surface area (Å²) >= 11 is 1.65. The Hall–Kier alpha value is -1.63. The number of morpholine rings is 1. The minimum Gasteiger partial charge on any atom is -0.497 e. The molecule has 1 fully saturated rings. The van der Waals surface area contributed by atoms with E-state index in [1.807, 2.05) is 24.3 Å². The SMILES string of the molecule is COc1ccc(-c2csc(NCCCN3CCOCC3)n2)cc1. The predicted octanol–water partition coefficient (Wildman–Crippen LogP) is 2.95. The van der Waals surface area contributed by atoms with Gasteiger partial charge in [-0.1, -0.05) is 0 Å². The van der Waals surface area contributed by atoms with Gasteiger partial charge in [0.1, 0.15) is 5.75 Å². The van der Waals surface area contributed by atoms with Crippen molar-refractivity contribution in [2.45, 2.75) is 6.42 Å². The van der Waals surface area contributed by atoms with Crippen molar-refractivity contribution in [3.8, 4) is 17.0 Å². The van der Waals surface area contributed by atoms with E-state index in [0.29, 0.717) is 0 Å². The van der Waals surface area contributed by atoms with Crippen LogP contribution in [0.1, 0.15) is 6.42 Å². The number of hydrogen-bond donors (Lipinski definition) is 1. The molecule has 0 radical (unpaired) electrons. The molecule has 124 valence electrons. The van der Waals surface area contributed by atoms with Crippen molar-refractivity contribution >= 4 is 16.5 Å². The van der Waals surface area contributed by atoms with E-state index in [1.165, 1.54) is 0 Å². The van der Waals surface area contributed by atoms with E-state index < -0.39 is 0 Å². The second kappa shape index (κ2) is 8.29. The highest BCUT2D eigenvalue weighted by Gasteiger charge is 2.09. The quantitative estimate of drug-likeness (QED) is 0.790. The maximum atomic E-state index is 5.36. The molecule has 6 heteroatoms. The van der Waals surface area contributed by atoms with Gasteiger partial charge in [0.15, 0.2) is 5.13 Å². The normalized spacial score (nSPS) is 15.5. The van der Waals surface area contributed by atoms with Crippen molar-refractivity contribution in [3.63, 3.8) is 0 Å². The lowest BCUT2D eigenvalue weighted by Crippen LogP contribution is -2.37. The van der Waals surface area contributed by atoms with Gasteiger partial charge in [0.05, 0.1) is 26.0 Å². The van der Waals surface area contributed by atoms with Gasteiger partial charge in [-0.15, -0.1) is 11.3 Å². The van der Waals surface area contributed by atoms with Crippen LogP contribution in [0.5, 0.6) is 5.75 Å². The number of benzene rings is 1. The van der Waals surface area contributed by atoms with Crippen LogP contribution in [-0.4, -0.2) is 56.4 Å². The molecule has 0 unspecified atom stereocenters. The molecule has 0 spiro atoms. The first-order valence-electron chi connectivity index (χ1n) is 7.99. The monoisotopic (exact) mass is 333 g/mol. The number of nitrogens with one attached hydrogen (secondary N) is 1. The van der Waals surface area contributed by atoms with Crippen molar-refractivity contribution < 1.29 is 9.47 Å². The van der Waals surface area contributed by atoms with Crippen molar-refractivity contribution in [3.05, 3.63) is 29.6 Å². The molecule has 0 saturated carbocycles. The Morgan fingerprint density at radius 2 is 2.04 bits per heavy atom. The summed E-state index contributed by atoms with van der Waals surface area (Å²) in [7, 11) is 1.68. The van der Waals surface area contributed by atoms with E-state index in [2.05, 4.69) is 20.6 Å². The van der Waals surface area contributed by atoms with E-state index in [-0.39, 0.29) is 0 Å². The molecule has 5 nitrogen and oxygen atoms in total. The Morgan fingerprint density at radius 3 is 2.78 bits per heavy atom. The molecule has 0 amide bonds. The lowest BCUT2D eigenvalue weighted by molar-refractivity contribution is 0.0378. The average molecular weight is 333 g/mol. The Morgan fingerprint density at radius 1 is 1.26 bits per heavy atom. The summed E-state index contributed by atoms with van der Waals surface area (Å²) in [6.45, 7) is 5.91. The summed E-state index contributed by atoms with van der Waals surface area (Å²) < 4.78 is 10.5. The van der Waals surface area contributed by atoms with Gasteiger partial charge >= 0.3 is 0 Å². The molecular formula is C17H23N3O2S. The van der Waals surface area contributed by atoms with Crippen molar-refractivity contribution in [2.75, 3.05) is 51.8 Å². The highest BCUT2D eigenvalue weighted by Crippen LogP contribution is 2.26. The molecule has 1 aromatic carbocycles. The van der Waals surface area contributed by atoms with Crippen molar-refractivity contribution in [1.82, 2.24) is 9.88 Å². The zero-order chi connectivity index (χ0) is 15.9. The van der Waals surface area contributed by atoms with E-state index in [9.17, 15) is 0 Å². The average Bonchev–Trinajstić information content (AvgIpc) is 3.09. The minimum absolute atomic E-state index is 0.866. The molecular weight excluding hydrogens is 310 g/mol. The number of rotatable bonds is 7. The van der Waals surface area contributed by atoms with E-state index in [4.69, 9.17) is 9.47 Å². The smallest absolute Gasteiger partial charge is 0.183 e. The summed E-state index contributed by atoms with van der Waals surface area (Å²) in [4.78, 5) is 7.11. The topological polar surface area (TPSA) is 46.6 Å². The maximum Gasteiger partial charge on any atom is 0.183 e. The zero-order valence-electron chi connectivity index (χ0n) is 13.5. The van der Waals surface area contributed by atoms with Gasteiger partial charge < -0.3 is 14.8 Å². The van der Waals surface area contributed by atoms with Gasteiger partial charge in [-0.3, -0.25) is 4.90 Å². The number of methoxy groups -OCH3 is 1. The van der Waals surface area contributed by atoms with Crippen LogP contribution in [0.15, 0.2) is 29.6 Å². The third kappa shape index (κ3) is 4.67. The van der Waals surface area contributed by atoms with Crippen LogP contribution in [0.2, 0.25) is 0 Å². The van der Waals surface area contributed by atoms with Gasteiger partial charge in [-0.25, -0.2) is 4.98 Å². The summed E-state index contributed by atoms with van der Waals surface area (Å²) in [5.41, 5.74) is 2.12. The van der Waals surface area contributed by atoms with E-state index in [1.54, 1.807) is 18.4 Å². The van der Waals surface area contributed by atoms with E-state index >= 15 is 0 Å². The molecule has 2 heterocycles. The third-order valence-electron chi connectivity index (χ3n) is 3.92. The zero-order valence-corrected chi connectivity index (χ0v) is 14.3. The van der Waals surface area contributed by atoms with Crippen molar-refractivity contribution in [1.29, 1.82) is 0 Å². The Balaban J connectivity index is 1.45. The molecule has 0 atom stereocenters. The third-order valence-corrected chi connectivity index (χ3v) is 4.72. The fourth-order valence-electron chi connectivity index (χ4n) is 2.57. The van der Waals surface area contributed by atoms with Crippen LogP contribution in [0, 0.1) is 0 Å². The molecule has 1 aromatic heterocycles. The first kappa shape index (κ1) is 16.2. The summed E-state index contributed by atoms with van der Waals surface area (Å²) in [5.74, 6) is 0.866. The summed E-state index contributed by atoms with van der Waals surface area (Å²) in [6.07, 6.45) is 1.12. The molecule has 3 rings (SSSR count). The van der Waals surface area contributed by atoms with Gasteiger partial charge in [0.2, 0.25) is 0 Å². The Bertz CT molecular complexity index is 594. The maximum absolute atomic E-state index is 5.36. The molecule has 1 saturated heterocycles. The standard InChI is InChI=1S/C17H23N3O2S/c1-21-15-5-3-14(4-6-15)16-13-23-17(19-16)18-7-2-8-20-9-11-22-12-10-20/h3-6,13H,2,7-12H2,1H3,(H,18,19). The summed E-state index contributed by atoms with van der Waals surface area (Å²) in [5, 5.41) is 6.50. The van der Waals surface area contributed by atoms with Gasteiger partial charge in [-0.2, -0.15) is 0 Å². The van der Waals surface area contributed by atoms with Crippen molar-refractivity contribution in [2.24, 2.45) is 0 Å². The molecule has 0 aliphatic carbocycles. The lowest BCUT2D eigenvalue weighted by Gasteiger charge is -2.26. The number of hydrogen-bond acceptors (Lipinski definition) is 6. The fraction of sp³-hybridized carbons (Fsp3) is 0.471. The Labute approximate surface area is 141 Å². The van der Waals surface area contributed by atoms with Gasteiger partial charge in [-0.05, 0) is 37.2 Å². The number of nitrogens with zero attached hydrogens (tertiary/aromatic N) is 2. The van der Waals surface area contributed by atoms with Crippen LogP contribution in [0.3, 0.4) is 0 Å². The van der Waals surface area contributed by atoms with Crippen LogP contribution in [0.4, 0.5) is 5.13 Å². The molecule has 1 aliphatic rings. The first-order valence-corrected chi connectivity index (χ1v) is 8.87. The highest BCUT2D eigenvalue weighted by molar-refractivity contribution is 7.14. The largest absolute Gasteiger partial charge is 0.497 e. The first-order chi connectivity index (χ1) is 11.3.